The summed E-state index contributed by atoms with van der Waals surface area (Å²) in [6.45, 7) is 3.92. The smallest absolute Gasteiger partial charge is 0.0406 e. The average molecular weight is 391 g/mol. The molecule has 2 nitrogen and oxygen atoms in total. The minimum absolute atomic E-state index is 0.358. The molecule has 140 valence electrons. The van der Waals surface area contributed by atoms with Crippen molar-refractivity contribution < 1.29 is 0 Å². The van der Waals surface area contributed by atoms with Crippen LogP contribution in [0.25, 0.3) is 0 Å². The zero-order valence-corrected chi connectivity index (χ0v) is 16.8. The molecule has 0 aromatic heterocycles. The van der Waals surface area contributed by atoms with Crippen molar-refractivity contribution in [1.29, 1.82) is 0 Å². The van der Waals surface area contributed by atoms with Gasteiger partial charge in [-0.05, 0) is 53.6 Å². The Morgan fingerprint density at radius 1 is 0.654 bits per heavy atom. The predicted octanol–water partition coefficient (Wildman–Crippen LogP) is 5.82. The Hall–Kier alpha value is -1.06. The second-order valence-electron chi connectivity index (χ2n) is 7.52. The Bertz CT molecular complexity index is 608. The summed E-state index contributed by atoms with van der Waals surface area (Å²) in [5.74, 6) is 0. The molecule has 1 aliphatic carbocycles. The van der Waals surface area contributed by atoms with Gasteiger partial charge in [-0.25, -0.2) is 0 Å². The van der Waals surface area contributed by atoms with Gasteiger partial charge < -0.3 is 10.6 Å². The van der Waals surface area contributed by atoms with E-state index in [0.29, 0.717) is 5.41 Å². The fraction of sp³-hybridized carbons (Fsp3) is 0.455. The van der Waals surface area contributed by atoms with Crippen LogP contribution in [0.1, 0.15) is 43.2 Å². The molecule has 2 aromatic carbocycles. The van der Waals surface area contributed by atoms with Crippen LogP contribution < -0.4 is 10.6 Å². The lowest BCUT2D eigenvalue weighted by Crippen LogP contribution is -2.43. The van der Waals surface area contributed by atoms with Gasteiger partial charge in [0, 0.05) is 36.2 Å². The van der Waals surface area contributed by atoms with Crippen LogP contribution in [0.2, 0.25) is 10.0 Å². The Labute approximate surface area is 167 Å². The van der Waals surface area contributed by atoms with Gasteiger partial charge in [-0.1, -0.05) is 66.7 Å². The maximum Gasteiger partial charge on any atom is 0.0406 e. The van der Waals surface area contributed by atoms with Crippen molar-refractivity contribution in [1.82, 2.24) is 10.6 Å². The molecule has 0 aliphatic heterocycles. The van der Waals surface area contributed by atoms with Crippen molar-refractivity contribution in [3.05, 3.63) is 69.7 Å². The first-order valence-corrected chi connectivity index (χ1v) is 10.3. The molecular weight excluding hydrogens is 363 g/mol. The molecule has 26 heavy (non-hydrogen) atoms. The third kappa shape index (κ3) is 5.99. The van der Waals surface area contributed by atoms with Crippen LogP contribution in [-0.4, -0.2) is 13.1 Å². The van der Waals surface area contributed by atoms with E-state index in [9.17, 15) is 0 Å². The summed E-state index contributed by atoms with van der Waals surface area (Å²) >= 11 is 11.9. The van der Waals surface area contributed by atoms with Crippen LogP contribution in [-0.2, 0) is 13.1 Å². The first kappa shape index (κ1) is 19.7. The number of halogens is 2. The van der Waals surface area contributed by atoms with E-state index in [1.54, 1.807) is 0 Å². The van der Waals surface area contributed by atoms with Crippen LogP contribution in [0.15, 0.2) is 48.5 Å². The molecule has 3 rings (SSSR count). The van der Waals surface area contributed by atoms with E-state index >= 15 is 0 Å². The predicted molar refractivity (Wildman–Crippen MR) is 112 cm³/mol. The topological polar surface area (TPSA) is 24.1 Å². The summed E-state index contributed by atoms with van der Waals surface area (Å²) in [6, 6.07) is 16.2. The van der Waals surface area contributed by atoms with Crippen LogP contribution in [0.4, 0.5) is 0 Å². The highest BCUT2D eigenvalue weighted by atomic mass is 35.5. The minimum atomic E-state index is 0.358. The molecule has 2 aromatic rings. The minimum Gasteiger partial charge on any atom is -0.312 e. The first-order valence-electron chi connectivity index (χ1n) is 9.56. The quantitative estimate of drug-likeness (QED) is 0.592. The number of nitrogens with one attached hydrogen (secondary N) is 2. The van der Waals surface area contributed by atoms with Crippen LogP contribution >= 0.6 is 23.2 Å². The van der Waals surface area contributed by atoms with Crippen LogP contribution in [0.3, 0.4) is 0 Å². The molecule has 0 unspecified atom stereocenters. The zero-order valence-electron chi connectivity index (χ0n) is 15.2. The van der Waals surface area contributed by atoms with E-state index < -0.39 is 0 Å². The second-order valence-corrected chi connectivity index (χ2v) is 8.39. The van der Waals surface area contributed by atoms with Crippen LogP contribution in [0, 0.1) is 5.41 Å². The Morgan fingerprint density at radius 2 is 1.08 bits per heavy atom. The van der Waals surface area contributed by atoms with Crippen molar-refractivity contribution in [3.8, 4) is 0 Å². The highest BCUT2D eigenvalue weighted by Gasteiger charge is 2.31. The molecule has 1 saturated carbocycles. The number of hydrogen-bond donors (Lipinski definition) is 2. The Kier molecular flexibility index (Phi) is 7.39. The summed E-state index contributed by atoms with van der Waals surface area (Å²) in [4.78, 5) is 0. The summed E-state index contributed by atoms with van der Waals surface area (Å²) < 4.78 is 0. The molecule has 0 radical (unpaired) electrons. The van der Waals surface area contributed by atoms with E-state index in [-0.39, 0.29) is 0 Å². The molecule has 0 heterocycles. The Balaban J connectivity index is 1.50. The molecular formula is C22H28Cl2N2. The molecule has 0 amide bonds. The molecule has 0 saturated heterocycles. The van der Waals surface area contributed by atoms with Crippen molar-refractivity contribution in [2.75, 3.05) is 13.1 Å². The lowest BCUT2D eigenvalue weighted by atomic mass is 9.73. The number of benzene rings is 2. The summed E-state index contributed by atoms with van der Waals surface area (Å²) in [5, 5.41) is 8.97. The average Bonchev–Trinajstić information content (AvgIpc) is 2.66. The van der Waals surface area contributed by atoms with E-state index in [1.807, 2.05) is 24.3 Å². The molecule has 4 heteroatoms. The highest BCUT2D eigenvalue weighted by molar-refractivity contribution is 6.30. The Morgan fingerprint density at radius 3 is 1.50 bits per heavy atom. The van der Waals surface area contributed by atoms with Crippen molar-refractivity contribution >= 4 is 23.2 Å². The lowest BCUT2D eigenvalue weighted by Gasteiger charge is -2.38. The van der Waals surface area contributed by atoms with Gasteiger partial charge >= 0.3 is 0 Å². The molecule has 0 atom stereocenters. The van der Waals surface area contributed by atoms with E-state index in [2.05, 4.69) is 34.9 Å². The van der Waals surface area contributed by atoms with Gasteiger partial charge in [0.2, 0.25) is 0 Å². The zero-order chi connectivity index (χ0) is 18.2. The van der Waals surface area contributed by atoms with Crippen molar-refractivity contribution in [2.24, 2.45) is 5.41 Å². The molecule has 0 bridgehead atoms. The van der Waals surface area contributed by atoms with Crippen molar-refractivity contribution in [3.63, 3.8) is 0 Å². The highest BCUT2D eigenvalue weighted by Crippen LogP contribution is 2.35. The summed E-state index contributed by atoms with van der Waals surface area (Å²) in [5.41, 5.74) is 2.93. The maximum absolute atomic E-state index is 5.97. The third-order valence-electron chi connectivity index (χ3n) is 5.40. The monoisotopic (exact) mass is 390 g/mol. The standard InChI is InChI=1S/C22H28Cl2N2/c23-20-8-4-18(5-9-20)14-25-16-22(12-2-1-3-13-22)17-26-15-19-6-10-21(24)11-7-19/h4-11,25-26H,1-3,12-17H2. The van der Waals surface area contributed by atoms with E-state index in [4.69, 9.17) is 23.2 Å². The number of hydrogen-bond acceptors (Lipinski definition) is 2. The maximum atomic E-state index is 5.97. The van der Waals surface area contributed by atoms with Gasteiger partial charge in [-0.3, -0.25) is 0 Å². The van der Waals surface area contributed by atoms with Gasteiger partial charge in [0.05, 0.1) is 0 Å². The summed E-state index contributed by atoms with van der Waals surface area (Å²) in [6.07, 6.45) is 6.65. The number of rotatable bonds is 8. The van der Waals surface area contributed by atoms with E-state index in [0.717, 1.165) is 36.2 Å². The van der Waals surface area contributed by atoms with Gasteiger partial charge in [0.15, 0.2) is 0 Å². The molecule has 1 aliphatic rings. The SMILES string of the molecule is Clc1ccc(CNCC2(CNCc3ccc(Cl)cc3)CCCCC2)cc1. The largest absolute Gasteiger partial charge is 0.312 e. The first-order chi connectivity index (χ1) is 12.7. The van der Waals surface area contributed by atoms with Crippen LogP contribution in [0.5, 0.6) is 0 Å². The van der Waals surface area contributed by atoms with Gasteiger partial charge in [-0.2, -0.15) is 0 Å². The summed E-state index contributed by atoms with van der Waals surface area (Å²) in [7, 11) is 0. The molecule has 2 N–H and O–H groups in total. The van der Waals surface area contributed by atoms with Gasteiger partial charge in [-0.15, -0.1) is 0 Å². The fourth-order valence-corrected chi connectivity index (χ4v) is 4.12. The lowest BCUT2D eigenvalue weighted by molar-refractivity contribution is 0.175. The fourth-order valence-electron chi connectivity index (χ4n) is 3.87. The molecule has 0 spiro atoms. The molecule has 1 fully saturated rings. The van der Waals surface area contributed by atoms with Gasteiger partial charge in [0.25, 0.3) is 0 Å². The normalized spacial score (nSPS) is 16.5. The third-order valence-corrected chi connectivity index (χ3v) is 5.90. The van der Waals surface area contributed by atoms with Crippen molar-refractivity contribution in [2.45, 2.75) is 45.2 Å². The second kappa shape index (κ2) is 9.75. The van der Waals surface area contributed by atoms with E-state index in [1.165, 1.54) is 43.2 Å². The van der Waals surface area contributed by atoms with Gasteiger partial charge in [0.1, 0.15) is 0 Å².